The molecular weight excluding hydrogens is 393 g/mol. The third-order valence-electron chi connectivity index (χ3n) is 5.41. The molecule has 3 rings (SSSR count). The predicted octanol–water partition coefficient (Wildman–Crippen LogP) is 4.41. The molecule has 0 aliphatic carbocycles. The van der Waals surface area contributed by atoms with Gasteiger partial charge in [-0.05, 0) is 41.5 Å². The van der Waals surface area contributed by atoms with Crippen LogP contribution in [0.25, 0.3) is 5.57 Å². The van der Waals surface area contributed by atoms with Crippen molar-refractivity contribution in [2.24, 2.45) is 0 Å². The van der Waals surface area contributed by atoms with E-state index in [4.69, 9.17) is 13.8 Å². The van der Waals surface area contributed by atoms with Gasteiger partial charge in [0.1, 0.15) is 11.5 Å². The molecule has 0 atom stereocenters. The Morgan fingerprint density at radius 2 is 1.72 bits per heavy atom. The molecule has 1 aliphatic heterocycles. The van der Waals surface area contributed by atoms with Crippen LogP contribution >= 0.6 is 0 Å². The van der Waals surface area contributed by atoms with Crippen molar-refractivity contribution in [1.29, 1.82) is 0 Å². The van der Waals surface area contributed by atoms with Gasteiger partial charge in [0.15, 0.2) is 0 Å². The molecule has 2 aromatic rings. The van der Waals surface area contributed by atoms with Crippen LogP contribution in [0.4, 0.5) is 17.6 Å². The summed E-state index contributed by atoms with van der Waals surface area (Å²) in [5.41, 5.74) is -4.07. The van der Waals surface area contributed by atoms with E-state index in [0.29, 0.717) is 17.0 Å². The van der Waals surface area contributed by atoms with Crippen LogP contribution in [0.1, 0.15) is 50.3 Å². The lowest BCUT2D eigenvalue weighted by molar-refractivity contribution is -0.0699. The van der Waals surface area contributed by atoms with Gasteiger partial charge in [-0.15, -0.1) is 0 Å². The summed E-state index contributed by atoms with van der Waals surface area (Å²) in [4.78, 5) is 0. The minimum absolute atomic E-state index is 0.143. The summed E-state index contributed by atoms with van der Waals surface area (Å²) in [5.74, 6) is 0.537. The molecule has 0 saturated carbocycles. The summed E-state index contributed by atoms with van der Waals surface area (Å²) < 4.78 is 73.4. The number of allylic oxidation sites excluding steroid dienone is 1. The lowest BCUT2D eigenvalue weighted by atomic mass is 9.83. The van der Waals surface area contributed by atoms with Crippen LogP contribution in [-0.2, 0) is 15.9 Å². The average molecular weight is 415 g/mol. The number of nitrogens with zero attached hydrogens (tertiary/aromatic N) is 3. The minimum Gasteiger partial charge on any atom is -0.398 e. The van der Waals surface area contributed by atoms with Gasteiger partial charge in [-0.1, -0.05) is 5.16 Å². The number of rotatable bonds is 4. The van der Waals surface area contributed by atoms with Gasteiger partial charge in [0.2, 0.25) is 0 Å². The molecule has 2 aromatic heterocycles. The Balaban J connectivity index is 1.97. The van der Waals surface area contributed by atoms with Crippen molar-refractivity contribution in [3.8, 4) is 0 Å². The number of halogens is 4. The van der Waals surface area contributed by atoms with Crippen molar-refractivity contribution < 1.29 is 31.4 Å². The van der Waals surface area contributed by atoms with E-state index in [9.17, 15) is 13.2 Å². The van der Waals surface area contributed by atoms with E-state index in [0.717, 1.165) is 12.4 Å². The summed E-state index contributed by atoms with van der Waals surface area (Å²) in [6.07, 6.45) is -2.88. The second kappa shape index (κ2) is 6.98. The largest absolute Gasteiger partial charge is 0.525 e. The molecule has 158 valence electrons. The maximum atomic E-state index is 15.0. The highest BCUT2D eigenvalue weighted by atomic mass is 19.4. The molecule has 3 heterocycles. The summed E-state index contributed by atoms with van der Waals surface area (Å²) in [6, 6.07) is 0. The molecule has 0 spiro atoms. The molecule has 29 heavy (non-hydrogen) atoms. The van der Waals surface area contributed by atoms with Gasteiger partial charge in [-0.2, -0.15) is 18.3 Å². The summed E-state index contributed by atoms with van der Waals surface area (Å²) in [6.45, 7) is 10.1. The van der Waals surface area contributed by atoms with Crippen LogP contribution in [0.15, 0.2) is 22.6 Å². The van der Waals surface area contributed by atoms with Gasteiger partial charge in [0.05, 0.1) is 35.2 Å². The third-order valence-corrected chi connectivity index (χ3v) is 5.41. The molecule has 0 radical (unpaired) electrons. The highest BCUT2D eigenvalue weighted by Crippen LogP contribution is 2.43. The summed E-state index contributed by atoms with van der Waals surface area (Å²) in [7, 11) is -1.76. The number of hydrogen-bond acceptors (Lipinski definition) is 5. The Morgan fingerprint density at radius 1 is 1.14 bits per heavy atom. The second-order valence-electron chi connectivity index (χ2n) is 8.04. The first-order valence-electron chi connectivity index (χ1n) is 9.00. The average Bonchev–Trinajstić information content (AvgIpc) is 3.20. The Labute approximate surface area is 166 Å². The highest BCUT2D eigenvalue weighted by molar-refractivity contribution is 6.55. The molecule has 6 nitrogen and oxygen atoms in total. The van der Waals surface area contributed by atoms with Crippen LogP contribution in [0, 0.1) is 13.8 Å². The monoisotopic (exact) mass is 415 g/mol. The van der Waals surface area contributed by atoms with Crippen molar-refractivity contribution in [1.82, 2.24) is 14.9 Å². The Morgan fingerprint density at radius 3 is 2.21 bits per heavy atom. The quantitative estimate of drug-likeness (QED) is 0.547. The maximum absolute atomic E-state index is 15.0. The van der Waals surface area contributed by atoms with Crippen molar-refractivity contribution in [3.63, 3.8) is 0 Å². The Kier molecular flexibility index (Phi) is 5.19. The van der Waals surface area contributed by atoms with Crippen LogP contribution in [0.5, 0.6) is 0 Å². The van der Waals surface area contributed by atoms with E-state index < -0.39 is 41.4 Å². The first-order valence-corrected chi connectivity index (χ1v) is 9.00. The maximum Gasteiger partial charge on any atom is 0.525 e. The normalized spacial score (nSPS) is 19.6. The van der Waals surface area contributed by atoms with Crippen LogP contribution < -0.4 is 0 Å². The Hall–Kier alpha value is -2.14. The first-order chi connectivity index (χ1) is 13.2. The molecule has 1 fully saturated rings. The van der Waals surface area contributed by atoms with E-state index in [1.165, 1.54) is 4.68 Å². The number of aryl methyl sites for hydroxylation is 2. The van der Waals surface area contributed by atoms with Crippen LogP contribution in [0.3, 0.4) is 0 Å². The SMILES string of the molecule is Cc1noc(C)c1Cn1cc(C(=C(F)B2OC(C)(C)C(C)(C)O2)C(F)(F)F)cn1. The zero-order chi connectivity index (χ0) is 21.8. The zero-order valence-electron chi connectivity index (χ0n) is 17.0. The zero-order valence-corrected chi connectivity index (χ0v) is 17.0. The van der Waals surface area contributed by atoms with Gasteiger partial charge in [-0.25, -0.2) is 4.39 Å². The molecule has 0 bridgehead atoms. The van der Waals surface area contributed by atoms with Crippen molar-refractivity contribution in [3.05, 3.63) is 40.7 Å². The topological polar surface area (TPSA) is 62.3 Å². The summed E-state index contributed by atoms with van der Waals surface area (Å²) in [5, 5.41) is 7.74. The van der Waals surface area contributed by atoms with E-state index in [1.807, 2.05) is 0 Å². The fourth-order valence-corrected chi connectivity index (χ4v) is 2.97. The molecule has 1 saturated heterocycles. The summed E-state index contributed by atoms with van der Waals surface area (Å²) >= 11 is 0. The molecule has 0 aromatic carbocycles. The number of alkyl halides is 3. The van der Waals surface area contributed by atoms with Crippen LogP contribution in [-0.4, -0.2) is 39.4 Å². The van der Waals surface area contributed by atoms with Crippen molar-refractivity contribution >= 4 is 12.7 Å². The Bertz CT molecular complexity index is 911. The molecule has 0 unspecified atom stereocenters. The van der Waals surface area contributed by atoms with E-state index >= 15 is 4.39 Å². The van der Waals surface area contributed by atoms with Gasteiger partial charge in [0, 0.05) is 17.3 Å². The molecule has 0 amide bonds. The minimum atomic E-state index is -4.97. The lowest BCUT2D eigenvalue weighted by Crippen LogP contribution is -2.41. The third kappa shape index (κ3) is 3.98. The number of aromatic nitrogens is 3. The van der Waals surface area contributed by atoms with Crippen molar-refractivity contribution in [2.45, 2.75) is 65.5 Å². The fraction of sp³-hybridized carbons (Fsp3) is 0.556. The molecule has 0 N–H and O–H groups in total. The fourth-order valence-electron chi connectivity index (χ4n) is 2.97. The second-order valence-corrected chi connectivity index (χ2v) is 8.04. The van der Waals surface area contributed by atoms with E-state index in [1.54, 1.807) is 41.5 Å². The highest BCUT2D eigenvalue weighted by Gasteiger charge is 2.55. The standard InChI is InChI=1S/C18H22BF4N3O3/c1-10-13(11(2)27-25-10)9-26-8-12(7-24-26)14(18(21,22)23)15(20)19-28-16(3,4)17(5,6)29-19/h7-8H,9H2,1-6H3. The molecule has 1 aliphatic rings. The van der Waals surface area contributed by atoms with Crippen molar-refractivity contribution in [2.75, 3.05) is 0 Å². The van der Waals surface area contributed by atoms with Gasteiger partial charge in [-0.3, -0.25) is 4.68 Å². The van der Waals surface area contributed by atoms with Gasteiger partial charge < -0.3 is 13.8 Å². The predicted molar refractivity (Wildman–Crippen MR) is 97.5 cm³/mol. The van der Waals surface area contributed by atoms with E-state index in [2.05, 4.69) is 10.3 Å². The van der Waals surface area contributed by atoms with E-state index in [-0.39, 0.29) is 6.54 Å². The number of hydrogen-bond donors (Lipinski definition) is 0. The van der Waals surface area contributed by atoms with Gasteiger partial charge >= 0.3 is 13.3 Å². The molecular formula is C18H22BF4N3O3. The lowest BCUT2D eigenvalue weighted by Gasteiger charge is -2.32. The first kappa shape index (κ1) is 21.6. The molecule has 11 heteroatoms. The van der Waals surface area contributed by atoms with Gasteiger partial charge in [0.25, 0.3) is 0 Å². The smallest absolute Gasteiger partial charge is 0.398 e. The van der Waals surface area contributed by atoms with Crippen LogP contribution in [0.2, 0.25) is 0 Å².